The summed E-state index contributed by atoms with van der Waals surface area (Å²) in [6.07, 6.45) is 5.28. The maximum atomic E-state index is 13.1. The third kappa shape index (κ3) is 5.82. The highest BCUT2D eigenvalue weighted by molar-refractivity contribution is 7.92. The zero-order valence-electron chi connectivity index (χ0n) is 13.2. The SMILES string of the molecule is CC(CS(=O)(=O)Nc1cccc(F)c1)C(=O)NC1CCCCC1. The Hall–Kier alpha value is -1.63. The Labute approximate surface area is 136 Å². The van der Waals surface area contributed by atoms with Crippen LogP contribution in [0, 0.1) is 11.7 Å². The molecule has 2 rings (SSSR count). The monoisotopic (exact) mass is 342 g/mol. The van der Waals surface area contributed by atoms with Gasteiger partial charge in [-0.2, -0.15) is 0 Å². The van der Waals surface area contributed by atoms with Crippen molar-refractivity contribution in [2.45, 2.75) is 45.1 Å². The first kappa shape index (κ1) is 17.7. The first-order valence-corrected chi connectivity index (χ1v) is 9.57. The van der Waals surface area contributed by atoms with Crippen LogP contribution in [-0.2, 0) is 14.8 Å². The minimum atomic E-state index is -3.71. The van der Waals surface area contributed by atoms with Crippen molar-refractivity contribution in [3.05, 3.63) is 30.1 Å². The zero-order valence-corrected chi connectivity index (χ0v) is 14.0. The normalized spacial score (nSPS) is 17.5. The van der Waals surface area contributed by atoms with Crippen LogP contribution in [0.3, 0.4) is 0 Å². The number of anilines is 1. The molecule has 1 aromatic rings. The van der Waals surface area contributed by atoms with E-state index >= 15 is 0 Å². The Kier molecular flexibility index (Phi) is 5.98. The van der Waals surface area contributed by atoms with E-state index in [0.717, 1.165) is 31.7 Å². The smallest absolute Gasteiger partial charge is 0.233 e. The predicted octanol–water partition coefficient (Wildman–Crippen LogP) is 2.65. The van der Waals surface area contributed by atoms with E-state index in [-0.39, 0.29) is 23.4 Å². The second-order valence-electron chi connectivity index (χ2n) is 6.14. The van der Waals surface area contributed by atoms with Crippen molar-refractivity contribution in [3.8, 4) is 0 Å². The summed E-state index contributed by atoms with van der Waals surface area (Å²) in [5, 5.41) is 2.92. The molecule has 0 saturated heterocycles. The largest absolute Gasteiger partial charge is 0.353 e. The topological polar surface area (TPSA) is 75.3 Å². The van der Waals surface area contributed by atoms with E-state index in [1.165, 1.54) is 24.6 Å². The quantitative estimate of drug-likeness (QED) is 0.834. The summed E-state index contributed by atoms with van der Waals surface area (Å²) < 4.78 is 39.6. The summed E-state index contributed by atoms with van der Waals surface area (Å²) in [4.78, 5) is 12.1. The molecular weight excluding hydrogens is 319 g/mol. The second kappa shape index (κ2) is 7.77. The maximum Gasteiger partial charge on any atom is 0.233 e. The van der Waals surface area contributed by atoms with Crippen LogP contribution < -0.4 is 10.0 Å². The van der Waals surface area contributed by atoms with Gasteiger partial charge in [-0.15, -0.1) is 0 Å². The molecule has 23 heavy (non-hydrogen) atoms. The van der Waals surface area contributed by atoms with E-state index in [2.05, 4.69) is 10.0 Å². The highest BCUT2D eigenvalue weighted by atomic mass is 32.2. The molecule has 0 radical (unpaired) electrons. The molecule has 0 aromatic heterocycles. The molecule has 1 amide bonds. The molecule has 1 atom stereocenters. The Morgan fingerprint density at radius 2 is 2.00 bits per heavy atom. The van der Waals surface area contributed by atoms with E-state index in [1.807, 2.05) is 0 Å². The molecule has 1 aromatic carbocycles. The summed E-state index contributed by atoms with van der Waals surface area (Å²) in [6.45, 7) is 1.59. The van der Waals surface area contributed by atoms with E-state index in [4.69, 9.17) is 0 Å². The summed E-state index contributed by atoms with van der Waals surface area (Å²) in [7, 11) is -3.71. The Morgan fingerprint density at radius 1 is 1.30 bits per heavy atom. The molecule has 1 aliphatic carbocycles. The van der Waals surface area contributed by atoms with Crippen molar-refractivity contribution in [2.75, 3.05) is 10.5 Å². The minimum Gasteiger partial charge on any atom is -0.353 e. The van der Waals surface area contributed by atoms with Gasteiger partial charge in [0.15, 0.2) is 0 Å². The molecule has 0 spiro atoms. The molecule has 5 nitrogen and oxygen atoms in total. The van der Waals surface area contributed by atoms with Gasteiger partial charge < -0.3 is 5.32 Å². The van der Waals surface area contributed by atoms with Crippen LogP contribution in [-0.4, -0.2) is 26.1 Å². The van der Waals surface area contributed by atoms with E-state index in [1.54, 1.807) is 6.92 Å². The number of nitrogens with one attached hydrogen (secondary N) is 2. The van der Waals surface area contributed by atoms with E-state index < -0.39 is 21.8 Å². The van der Waals surface area contributed by atoms with Gasteiger partial charge in [0.25, 0.3) is 0 Å². The molecule has 7 heteroatoms. The molecule has 0 bridgehead atoms. The highest BCUT2D eigenvalue weighted by Gasteiger charge is 2.24. The average Bonchev–Trinajstić information content (AvgIpc) is 2.47. The van der Waals surface area contributed by atoms with Gasteiger partial charge in [-0.3, -0.25) is 9.52 Å². The van der Waals surface area contributed by atoms with Crippen molar-refractivity contribution in [3.63, 3.8) is 0 Å². The van der Waals surface area contributed by atoms with Gasteiger partial charge in [-0.1, -0.05) is 32.3 Å². The summed E-state index contributed by atoms with van der Waals surface area (Å²) >= 11 is 0. The molecule has 128 valence electrons. The number of benzene rings is 1. The minimum absolute atomic E-state index is 0.151. The van der Waals surface area contributed by atoms with Gasteiger partial charge in [0.2, 0.25) is 15.9 Å². The summed E-state index contributed by atoms with van der Waals surface area (Å²) in [5.74, 6) is -1.76. The number of carbonyl (C=O) groups excluding carboxylic acids is 1. The maximum absolute atomic E-state index is 13.1. The van der Waals surface area contributed by atoms with Gasteiger partial charge in [-0.05, 0) is 31.0 Å². The number of halogens is 1. The molecule has 1 fully saturated rings. The lowest BCUT2D eigenvalue weighted by atomic mass is 9.95. The number of carbonyl (C=O) groups is 1. The van der Waals surface area contributed by atoms with Gasteiger partial charge in [-0.25, -0.2) is 12.8 Å². The summed E-state index contributed by atoms with van der Waals surface area (Å²) in [6, 6.07) is 5.37. The number of hydrogen-bond donors (Lipinski definition) is 2. The fourth-order valence-electron chi connectivity index (χ4n) is 2.77. The van der Waals surface area contributed by atoms with Crippen LogP contribution in [0.4, 0.5) is 10.1 Å². The van der Waals surface area contributed by atoms with Crippen molar-refractivity contribution < 1.29 is 17.6 Å². The lowest BCUT2D eigenvalue weighted by molar-refractivity contribution is -0.124. The Morgan fingerprint density at radius 3 is 2.65 bits per heavy atom. The van der Waals surface area contributed by atoms with Gasteiger partial charge in [0, 0.05) is 6.04 Å². The fraction of sp³-hybridized carbons (Fsp3) is 0.562. The third-order valence-electron chi connectivity index (χ3n) is 3.97. The molecule has 0 heterocycles. The Balaban J connectivity index is 1.89. The van der Waals surface area contributed by atoms with Crippen LogP contribution in [0.2, 0.25) is 0 Å². The van der Waals surface area contributed by atoms with Gasteiger partial charge in [0.05, 0.1) is 17.4 Å². The number of amides is 1. The number of rotatable bonds is 6. The van der Waals surface area contributed by atoms with E-state index in [9.17, 15) is 17.6 Å². The first-order chi connectivity index (χ1) is 10.9. The predicted molar refractivity (Wildman–Crippen MR) is 88.0 cm³/mol. The lowest BCUT2D eigenvalue weighted by Gasteiger charge is -2.24. The third-order valence-corrected chi connectivity index (χ3v) is 5.45. The van der Waals surface area contributed by atoms with Crippen molar-refractivity contribution in [1.82, 2.24) is 5.32 Å². The molecule has 2 N–H and O–H groups in total. The van der Waals surface area contributed by atoms with Crippen LogP contribution in [0.25, 0.3) is 0 Å². The van der Waals surface area contributed by atoms with Crippen molar-refractivity contribution in [1.29, 1.82) is 0 Å². The van der Waals surface area contributed by atoms with Crippen LogP contribution in [0.5, 0.6) is 0 Å². The number of hydrogen-bond acceptors (Lipinski definition) is 3. The highest BCUT2D eigenvalue weighted by Crippen LogP contribution is 2.18. The van der Waals surface area contributed by atoms with Crippen LogP contribution >= 0.6 is 0 Å². The molecule has 1 aliphatic rings. The van der Waals surface area contributed by atoms with Crippen LogP contribution in [0.1, 0.15) is 39.0 Å². The zero-order chi connectivity index (χ0) is 16.9. The number of sulfonamides is 1. The van der Waals surface area contributed by atoms with Crippen molar-refractivity contribution in [2.24, 2.45) is 5.92 Å². The van der Waals surface area contributed by atoms with Crippen LogP contribution in [0.15, 0.2) is 24.3 Å². The Bertz CT molecular complexity index is 642. The lowest BCUT2D eigenvalue weighted by Crippen LogP contribution is -2.41. The molecule has 1 unspecified atom stereocenters. The molecular formula is C16H23FN2O3S. The first-order valence-electron chi connectivity index (χ1n) is 7.92. The second-order valence-corrected chi connectivity index (χ2v) is 7.91. The van der Waals surface area contributed by atoms with E-state index in [0.29, 0.717) is 0 Å². The average molecular weight is 342 g/mol. The molecule has 0 aliphatic heterocycles. The van der Waals surface area contributed by atoms with Gasteiger partial charge in [0.1, 0.15) is 5.82 Å². The fourth-order valence-corrected chi connectivity index (χ4v) is 4.15. The summed E-state index contributed by atoms with van der Waals surface area (Å²) in [5.41, 5.74) is 0.157. The standard InChI is InChI=1S/C16H23FN2O3S/c1-12(16(20)18-14-7-3-2-4-8-14)11-23(21,22)19-15-9-5-6-13(17)10-15/h5-6,9-10,12,14,19H,2-4,7-8,11H2,1H3,(H,18,20). The van der Waals surface area contributed by atoms with Crippen molar-refractivity contribution >= 4 is 21.6 Å². The molecule has 1 saturated carbocycles. The van der Waals surface area contributed by atoms with Gasteiger partial charge >= 0.3 is 0 Å².